The van der Waals surface area contributed by atoms with Crippen molar-refractivity contribution in [2.75, 3.05) is 5.32 Å². The number of aromatic nitrogens is 6. The van der Waals surface area contributed by atoms with Crippen molar-refractivity contribution in [3.8, 4) is 0 Å². The van der Waals surface area contributed by atoms with E-state index in [4.69, 9.17) is 4.74 Å². The van der Waals surface area contributed by atoms with Crippen LogP contribution in [-0.4, -0.2) is 42.0 Å². The predicted molar refractivity (Wildman–Crippen MR) is 113 cm³/mol. The second-order valence-electron chi connectivity index (χ2n) is 7.52. The molecule has 4 heterocycles. The Morgan fingerprint density at radius 3 is 3.13 bits per heavy atom. The number of nitrogens with zero attached hydrogens (tertiary/aromatic N) is 5. The van der Waals surface area contributed by atoms with Gasteiger partial charge < -0.3 is 15.4 Å². The second kappa shape index (κ2) is 8.42. The summed E-state index contributed by atoms with van der Waals surface area (Å²) in [6.45, 7) is 0.399. The summed E-state index contributed by atoms with van der Waals surface area (Å²) in [5.41, 5.74) is 2.82. The number of H-pyrrole nitrogens is 1. The van der Waals surface area contributed by atoms with Crippen molar-refractivity contribution >= 4 is 23.2 Å². The summed E-state index contributed by atoms with van der Waals surface area (Å²) in [5, 5.41) is 17.7. The Labute approximate surface area is 178 Å². The SMILES string of the molecule is O=C(NCc1cccnc1)OC1CCC(c2cc(Nc3nccn4nccc34)n[nH]2)C1. The van der Waals surface area contributed by atoms with Crippen LogP contribution in [-0.2, 0) is 11.3 Å². The number of aromatic amines is 1. The lowest BCUT2D eigenvalue weighted by atomic mass is 10.0. The normalized spacial score (nSPS) is 18.2. The van der Waals surface area contributed by atoms with Gasteiger partial charge in [0.1, 0.15) is 11.6 Å². The first-order valence-corrected chi connectivity index (χ1v) is 10.2. The van der Waals surface area contributed by atoms with E-state index in [-0.39, 0.29) is 12.0 Å². The monoisotopic (exact) mass is 418 g/mol. The molecule has 0 saturated heterocycles. The van der Waals surface area contributed by atoms with E-state index in [1.54, 1.807) is 35.5 Å². The van der Waals surface area contributed by atoms with E-state index >= 15 is 0 Å². The molecule has 0 radical (unpaired) electrons. The number of carbonyl (C=O) groups is 1. The third-order valence-electron chi connectivity index (χ3n) is 5.43. The molecule has 1 aliphatic rings. The lowest BCUT2D eigenvalue weighted by molar-refractivity contribution is 0.0996. The molecule has 1 fully saturated rings. The number of rotatable bonds is 6. The Morgan fingerprint density at radius 2 is 2.23 bits per heavy atom. The van der Waals surface area contributed by atoms with Crippen LogP contribution in [0, 0.1) is 0 Å². The van der Waals surface area contributed by atoms with Gasteiger partial charge in [0.15, 0.2) is 11.6 Å². The number of hydrogen-bond acceptors (Lipinski definition) is 7. The summed E-state index contributed by atoms with van der Waals surface area (Å²) >= 11 is 0. The number of ether oxygens (including phenoxy) is 1. The predicted octanol–water partition coefficient (Wildman–Crippen LogP) is 3.15. The molecule has 2 unspecified atom stereocenters. The lowest BCUT2D eigenvalue weighted by Crippen LogP contribution is -2.27. The van der Waals surface area contributed by atoms with E-state index in [9.17, 15) is 4.79 Å². The minimum absolute atomic E-state index is 0.110. The average Bonchev–Trinajstić information content (AvgIpc) is 3.54. The number of fused-ring (bicyclic) bond motifs is 1. The van der Waals surface area contributed by atoms with Crippen LogP contribution in [0.4, 0.5) is 16.4 Å². The van der Waals surface area contributed by atoms with Crippen molar-refractivity contribution in [3.63, 3.8) is 0 Å². The highest BCUT2D eigenvalue weighted by Crippen LogP contribution is 2.36. The Hall–Kier alpha value is -3.95. The van der Waals surface area contributed by atoms with Crippen molar-refractivity contribution in [2.45, 2.75) is 37.8 Å². The van der Waals surface area contributed by atoms with Crippen LogP contribution in [0.15, 0.2) is 55.2 Å². The van der Waals surface area contributed by atoms with Crippen LogP contribution in [0.3, 0.4) is 0 Å². The molecule has 10 nitrogen and oxygen atoms in total. The van der Waals surface area contributed by atoms with Crippen LogP contribution in [0.1, 0.15) is 36.4 Å². The molecule has 31 heavy (non-hydrogen) atoms. The van der Waals surface area contributed by atoms with Crippen LogP contribution in [0.25, 0.3) is 5.52 Å². The van der Waals surface area contributed by atoms with E-state index in [0.29, 0.717) is 18.2 Å². The third kappa shape index (κ3) is 4.32. The molecule has 2 atom stereocenters. The Balaban J connectivity index is 1.15. The van der Waals surface area contributed by atoms with Gasteiger partial charge in [-0.15, -0.1) is 0 Å². The fourth-order valence-electron chi connectivity index (χ4n) is 3.88. The van der Waals surface area contributed by atoms with Gasteiger partial charge in [0.2, 0.25) is 0 Å². The van der Waals surface area contributed by atoms with E-state index in [0.717, 1.165) is 36.0 Å². The minimum Gasteiger partial charge on any atom is -0.446 e. The first-order valence-electron chi connectivity index (χ1n) is 10.2. The highest BCUT2D eigenvalue weighted by molar-refractivity contribution is 5.71. The van der Waals surface area contributed by atoms with Crippen molar-refractivity contribution in [2.24, 2.45) is 0 Å². The number of pyridine rings is 1. The molecule has 1 aliphatic carbocycles. The molecule has 4 aromatic rings. The van der Waals surface area contributed by atoms with Gasteiger partial charge in [0.25, 0.3) is 0 Å². The molecular weight excluding hydrogens is 396 g/mol. The summed E-state index contributed by atoms with van der Waals surface area (Å²) in [5.74, 6) is 1.64. The summed E-state index contributed by atoms with van der Waals surface area (Å²) in [7, 11) is 0. The van der Waals surface area contributed by atoms with Crippen LogP contribution in [0.5, 0.6) is 0 Å². The van der Waals surface area contributed by atoms with Gasteiger partial charge in [-0.05, 0) is 37.0 Å². The Kier molecular flexibility index (Phi) is 5.17. The molecule has 0 aliphatic heterocycles. The topological polar surface area (TPSA) is 122 Å². The molecule has 0 spiro atoms. The highest BCUT2D eigenvalue weighted by atomic mass is 16.6. The Morgan fingerprint density at radius 1 is 1.26 bits per heavy atom. The van der Waals surface area contributed by atoms with Gasteiger partial charge in [-0.3, -0.25) is 10.1 Å². The molecule has 0 bridgehead atoms. The zero-order valence-corrected chi connectivity index (χ0v) is 16.7. The lowest BCUT2D eigenvalue weighted by Gasteiger charge is -2.13. The van der Waals surface area contributed by atoms with Gasteiger partial charge >= 0.3 is 6.09 Å². The third-order valence-corrected chi connectivity index (χ3v) is 5.43. The van der Waals surface area contributed by atoms with Crippen molar-refractivity contribution in [3.05, 3.63) is 66.5 Å². The van der Waals surface area contributed by atoms with Gasteiger partial charge in [0.05, 0.1) is 6.20 Å². The summed E-state index contributed by atoms with van der Waals surface area (Å²) in [6, 6.07) is 7.62. The van der Waals surface area contributed by atoms with E-state index in [2.05, 4.69) is 35.9 Å². The highest BCUT2D eigenvalue weighted by Gasteiger charge is 2.30. The van der Waals surface area contributed by atoms with Crippen LogP contribution >= 0.6 is 0 Å². The fraction of sp³-hybridized carbons (Fsp3) is 0.286. The molecule has 1 saturated carbocycles. The number of nitrogens with one attached hydrogen (secondary N) is 3. The first kappa shape index (κ1) is 19.0. The van der Waals surface area contributed by atoms with Gasteiger partial charge in [-0.2, -0.15) is 10.2 Å². The number of alkyl carbamates (subject to hydrolysis) is 1. The maximum absolute atomic E-state index is 12.1. The van der Waals surface area contributed by atoms with Crippen molar-refractivity contribution in [1.82, 2.24) is 35.1 Å². The number of amides is 1. The molecular formula is C21H22N8O2. The number of hydrogen-bond donors (Lipinski definition) is 3. The molecule has 1 amide bonds. The van der Waals surface area contributed by atoms with E-state index in [1.807, 2.05) is 24.3 Å². The largest absolute Gasteiger partial charge is 0.446 e. The van der Waals surface area contributed by atoms with E-state index in [1.165, 1.54) is 0 Å². The zero-order chi connectivity index (χ0) is 21.0. The van der Waals surface area contributed by atoms with Crippen LogP contribution in [0.2, 0.25) is 0 Å². The summed E-state index contributed by atoms with van der Waals surface area (Å²) in [4.78, 5) is 20.5. The maximum Gasteiger partial charge on any atom is 0.407 e. The quantitative estimate of drug-likeness (QED) is 0.440. The molecule has 158 valence electrons. The van der Waals surface area contributed by atoms with E-state index < -0.39 is 6.09 Å². The minimum atomic E-state index is -0.401. The van der Waals surface area contributed by atoms with Crippen molar-refractivity contribution < 1.29 is 9.53 Å². The van der Waals surface area contributed by atoms with Gasteiger partial charge in [0, 0.05) is 49.0 Å². The van der Waals surface area contributed by atoms with Gasteiger partial charge in [-0.1, -0.05) is 6.07 Å². The van der Waals surface area contributed by atoms with Gasteiger partial charge in [-0.25, -0.2) is 14.3 Å². The first-order chi connectivity index (χ1) is 15.2. The zero-order valence-electron chi connectivity index (χ0n) is 16.7. The second-order valence-corrected chi connectivity index (χ2v) is 7.52. The molecule has 4 aromatic heterocycles. The smallest absolute Gasteiger partial charge is 0.407 e. The molecule has 10 heteroatoms. The van der Waals surface area contributed by atoms with Crippen molar-refractivity contribution in [1.29, 1.82) is 0 Å². The maximum atomic E-state index is 12.1. The standard InChI is InChI=1S/C21H22N8O2/c30-21(24-13-14-2-1-6-22-12-14)31-16-4-3-15(10-16)17-11-19(28-27-17)26-20-18-5-7-25-29(18)9-8-23-20/h1-2,5-9,11-12,15-16H,3-4,10,13H2,(H,24,30)(H2,23,26,27,28). The number of carbonyl (C=O) groups excluding carboxylic acids is 1. The average molecular weight is 418 g/mol. The van der Waals surface area contributed by atoms with Crippen LogP contribution < -0.4 is 10.6 Å². The number of anilines is 2. The fourth-order valence-corrected chi connectivity index (χ4v) is 3.88. The molecule has 5 rings (SSSR count). The Bertz CT molecular complexity index is 1170. The summed E-state index contributed by atoms with van der Waals surface area (Å²) < 4.78 is 7.34. The summed E-state index contributed by atoms with van der Waals surface area (Å²) in [6.07, 6.45) is 10.6. The molecule has 0 aromatic carbocycles. The molecule has 3 N–H and O–H groups in total.